The molecule has 2 amide bonds. The van der Waals surface area contributed by atoms with E-state index in [1.807, 2.05) is 0 Å². The average Bonchev–Trinajstić information content (AvgIpc) is 2.36. The number of aliphatic hydroxyl groups excluding tert-OH is 1. The van der Waals surface area contributed by atoms with Gasteiger partial charge in [-0.1, -0.05) is 18.2 Å². The molecule has 1 N–H and O–H groups in total. The molecule has 1 aromatic carbocycles. The van der Waals surface area contributed by atoms with Crippen LogP contribution in [0.5, 0.6) is 0 Å². The van der Waals surface area contributed by atoms with E-state index in [1.165, 1.54) is 28.0 Å². The van der Waals surface area contributed by atoms with Crippen molar-refractivity contribution < 1.29 is 19.1 Å². The number of hydrogen-bond donors (Lipinski definition) is 1. The highest BCUT2D eigenvalue weighted by Crippen LogP contribution is 2.18. The summed E-state index contributed by atoms with van der Waals surface area (Å²) in [5.74, 6) is -0.972. The van der Waals surface area contributed by atoms with Crippen LogP contribution in [0.25, 0.3) is 0 Å². The maximum Gasteiger partial charge on any atom is 0.242 e. The Morgan fingerprint density at radius 1 is 1.26 bits per heavy atom. The number of hydrogen-bond acceptors (Lipinski definition) is 3. The van der Waals surface area contributed by atoms with Crippen LogP contribution in [0, 0.1) is 5.82 Å². The molecule has 0 radical (unpaired) electrons. The zero-order valence-corrected chi connectivity index (χ0v) is 10.5. The molecule has 1 aliphatic rings. The molecule has 102 valence electrons. The van der Waals surface area contributed by atoms with Crippen molar-refractivity contribution in [3.63, 3.8) is 0 Å². The van der Waals surface area contributed by atoms with Gasteiger partial charge < -0.3 is 14.9 Å². The van der Waals surface area contributed by atoms with E-state index in [2.05, 4.69) is 0 Å². The summed E-state index contributed by atoms with van der Waals surface area (Å²) in [7, 11) is 1.55. The van der Waals surface area contributed by atoms with Crippen molar-refractivity contribution in [2.24, 2.45) is 0 Å². The van der Waals surface area contributed by atoms with Gasteiger partial charge in [-0.15, -0.1) is 0 Å². The van der Waals surface area contributed by atoms with Crippen molar-refractivity contribution in [3.8, 4) is 0 Å². The lowest BCUT2D eigenvalue weighted by molar-refractivity contribution is -0.150. The van der Waals surface area contributed by atoms with Gasteiger partial charge in [0.15, 0.2) is 0 Å². The lowest BCUT2D eigenvalue weighted by atomic mass is 10.1. The first kappa shape index (κ1) is 13.5. The summed E-state index contributed by atoms with van der Waals surface area (Å²) in [6, 6.07) is 5.84. The summed E-state index contributed by atoms with van der Waals surface area (Å²) in [5.41, 5.74) is 0.127. The van der Waals surface area contributed by atoms with Crippen molar-refractivity contribution >= 4 is 11.8 Å². The van der Waals surface area contributed by atoms with E-state index in [-0.39, 0.29) is 37.0 Å². The van der Waals surface area contributed by atoms with Gasteiger partial charge in [0.1, 0.15) is 5.82 Å². The molecule has 1 atom stereocenters. The number of carbonyl (C=O) groups excluding carboxylic acids is 2. The lowest BCUT2D eigenvalue weighted by Crippen LogP contribution is -2.53. The van der Waals surface area contributed by atoms with Crippen LogP contribution in [-0.4, -0.2) is 53.4 Å². The minimum Gasteiger partial charge on any atom is -0.386 e. The summed E-state index contributed by atoms with van der Waals surface area (Å²) in [6.07, 6.45) is -1.14. The van der Waals surface area contributed by atoms with Crippen LogP contribution in [0.4, 0.5) is 4.39 Å². The molecule has 1 fully saturated rings. The zero-order chi connectivity index (χ0) is 14.0. The van der Waals surface area contributed by atoms with Gasteiger partial charge in [-0.25, -0.2) is 4.39 Å². The van der Waals surface area contributed by atoms with Crippen LogP contribution in [-0.2, 0) is 9.59 Å². The Morgan fingerprint density at radius 3 is 2.63 bits per heavy atom. The van der Waals surface area contributed by atoms with Gasteiger partial charge in [0.05, 0.1) is 25.7 Å². The molecule has 0 bridgehead atoms. The summed E-state index contributed by atoms with van der Waals surface area (Å²) >= 11 is 0. The Labute approximate surface area is 110 Å². The maximum absolute atomic E-state index is 13.5. The fourth-order valence-corrected chi connectivity index (χ4v) is 1.98. The summed E-state index contributed by atoms with van der Waals surface area (Å²) in [4.78, 5) is 25.8. The molecule has 1 aromatic rings. The number of amides is 2. The first-order chi connectivity index (χ1) is 8.99. The minimum atomic E-state index is -1.14. The third kappa shape index (κ3) is 2.90. The predicted octanol–water partition coefficient (Wildman–Crippen LogP) is 0.160. The molecular formula is C13H15FN2O3. The van der Waals surface area contributed by atoms with Gasteiger partial charge in [0, 0.05) is 12.6 Å². The van der Waals surface area contributed by atoms with Gasteiger partial charge in [-0.3, -0.25) is 9.59 Å². The van der Waals surface area contributed by atoms with Gasteiger partial charge in [-0.05, 0) is 6.07 Å². The lowest BCUT2D eigenvalue weighted by Gasteiger charge is -2.32. The van der Waals surface area contributed by atoms with E-state index in [4.69, 9.17) is 0 Å². The molecule has 6 heteroatoms. The first-order valence-electron chi connectivity index (χ1n) is 5.93. The molecule has 1 aliphatic heterocycles. The van der Waals surface area contributed by atoms with Crippen LogP contribution >= 0.6 is 0 Å². The Morgan fingerprint density at radius 2 is 1.95 bits per heavy atom. The number of nitrogens with zero attached hydrogens (tertiary/aromatic N) is 2. The van der Waals surface area contributed by atoms with E-state index in [0.717, 1.165) is 0 Å². The molecule has 19 heavy (non-hydrogen) atoms. The van der Waals surface area contributed by atoms with E-state index in [0.29, 0.717) is 0 Å². The molecule has 0 spiro atoms. The average molecular weight is 266 g/mol. The smallest absolute Gasteiger partial charge is 0.242 e. The first-order valence-corrected chi connectivity index (χ1v) is 5.93. The largest absolute Gasteiger partial charge is 0.386 e. The minimum absolute atomic E-state index is 0.0111. The molecule has 0 aliphatic carbocycles. The fraction of sp³-hybridized carbons (Fsp3) is 0.385. The third-order valence-electron chi connectivity index (χ3n) is 3.13. The molecule has 5 nitrogen and oxygen atoms in total. The Kier molecular flexibility index (Phi) is 3.80. The number of benzene rings is 1. The van der Waals surface area contributed by atoms with E-state index < -0.39 is 11.9 Å². The Hall–Kier alpha value is -1.95. The van der Waals surface area contributed by atoms with Gasteiger partial charge in [-0.2, -0.15) is 0 Å². The van der Waals surface area contributed by atoms with Crippen LogP contribution in [0.2, 0.25) is 0 Å². The number of carbonyl (C=O) groups is 2. The van der Waals surface area contributed by atoms with Crippen molar-refractivity contribution in [1.29, 1.82) is 0 Å². The second kappa shape index (κ2) is 5.36. The van der Waals surface area contributed by atoms with Crippen molar-refractivity contribution in [2.45, 2.75) is 6.10 Å². The highest BCUT2D eigenvalue weighted by molar-refractivity contribution is 5.92. The molecule has 1 saturated heterocycles. The fourth-order valence-electron chi connectivity index (χ4n) is 1.98. The van der Waals surface area contributed by atoms with Crippen molar-refractivity contribution in [1.82, 2.24) is 9.80 Å². The standard InChI is InChI=1S/C13H15FN2O3/c1-15-7-13(19)16(8-12(15)18)6-11(17)9-4-2-3-5-10(9)14/h2-5,11,17H,6-8H2,1H3. The van der Waals surface area contributed by atoms with Gasteiger partial charge in [0.2, 0.25) is 11.8 Å². The number of rotatable bonds is 3. The number of halogens is 1. The monoisotopic (exact) mass is 266 g/mol. The number of piperazine rings is 1. The number of aliphatic hydroxyl groups is 1. The zero-order valence-electron chi connectivity index (χ0n) is 10.5. The molecule has 1 heterocycles. The Balaban J connectivity index is 2.07. The van der Waals surface area contributed by atoms with Crippen LogP contribution in [0.1, 0.15) is 11.7 Å². The second-order valence-corrected chi connectivity index (χ2v) is 4.56. The summed E-state index contributed by atoms with van der Waals surface area (Å²) in [5, 5.41) is 9.96. The van der Waals surface area contributed by atoms with Gasteiger partial charge >= 0.3 is 0 Å². The molecule has 0 aromatic heterocycles. The van der Waals surface area contributed by atoms with Gasteiger partial charge in [0.25, 0.3) is 0 Å². The third-order valence-corrected chi connectivity index (χ3v) is 3.13. The van der Waals surface area contributed by atoms with Crippen LogP contribution < -0.4 is 0 Å². The van der Waals surface area contributed by atoms with E-state index in [1.54, 1.807) is 13.1 Å². The molecule has 2 rings (SSSR count). The normalized spacial score (nSPS) is 17.8. The van der Waals surface area contributed by atoms with Crippen LogP contribution in [0.3, 0.4) is 0 Å². The van der Waals surface area contributed by atoms with E-state index in [9.17, 15) is 19.1 Å². The van der Waals surface area contributed by atoms with E-state index >= 15 is 0 Å². The predicted molar refractivity (Wildman–Crippen MR) is 65.6 cm³/mol. The summed E-state index contributed by atoms with van der Waals surface area (Å²) < 4.78 is 13.5. The number of β-amino-alcohol motifs (C(OH)–C–C–N with tert-alkyl or cyclic N) is 1. The second-order valence-electron chi connectivity index (χ2n) is 4.56. The SMILES string of the molecule is CN1CC(=O)N(CC(O)c2ccccc2F)CC1=O. The molecule has 0 saturated carbocycles. The topological polar surface area (TPSA) is 60.9 Å². The highest BCUT2D eigenvalue weighted by atomic mass is 19.1. The van der Waals surface area contributed by atoms with Crippen LogP contribution in [0.15, 0.2) is 24.3 Å². The Bertz CT molecular complexity index is 506. The highest BCUT2D eigenvalue weighted by Gasteiger charge is 2.29. The molecule has 1 unspecified atom stereocenters. The maximum atomic E-state index is 13.5. The summed E-state index contributed by atoms with van der Waals surface area (Å²) in [6.45, 7) is -0.178. The quantitative estimate of drug-likeness (QED) is 0.847. The van der Waals surface area contributed by atoms with Crippen molar-refractivity contribution in [2.75, 3.05) is 26.7 Å². The van der Waals surface area contributed by atoms with Crippen molar-refractivity contribution in [3.05, 3.63) is 35.6 Å². The molecular weight excluding hydrogens is 251 g/mol. The number of likely N-dealkylation sites (N-methyl/N-ethyl adjacent to an activating group) is 1.